The van der Waals surface area contributed by atoms with Crippen LogP contribution in [0.3, 0.4) is 0 Å². The first-order valence-electron chi connectivity index (χ1n) is 4.53. The lowest BCUT2D eigenvalue weighted by Gasteiger charge is -2.23. The van der Waals surface area contributed by atoms with Gasteiger partial charge in [0, 0.05) is 0 Å². The van der Waals surface area contributed by atoms with Crippen LogP contribution in [0.5, 0.6) is 0 Å². The molecule has 0 aromatic carbocycles. The van der Waals surface area contributed by atoms with Crippen molar-refractivity contribution in [2.24, 2.45) is 0 Å². The van der Waals surface area contributed by atoms with Gasteiger partial charge in [0.2, 0.25) is 0 Å². The topological polar surface area (TPSA) is 34.1 Å². The molecule has 2 nitrogen and oxygen atoms in total. The third-order valence-corrected chi connectivity index (χ3v) is 6.49. The van der Waals surface area contributed by atoms with Crippen molar-refractivity contribution < 1.29 is 8.42 Å². The van der Waals surface area contributed by atoms with E-state index in [1.807, 2.05) is 38.2 Å². The largest absolute Gasteiger partial charge is 0.227 e. The lowest BCUT2D eigenvalue weighted by molar-refractivity contribution is 0.566. The number of hydrogen-bond donors (Lipinski definition) is 0. The summed E-state index contributed by atoms with van der Waals surface area (Å²) in [5.74, 6) is 0. The van der Waals surface area contributed by atoms with Crippen LogP contribution < -0.4 is 0 Å². The van der Waals surface area contributed by atoms with Crippen LogP contribution in [0.2, 0.25) is 0 Å². The fourth-order valence-electron chi connectivity index (χ4n) is 2.16. The molecule has 0 aliphatic carbocycles. The molecule has 13 heavy (non-hydrogen) atoms. The van der Waals surface area contributed by atoms with Crippen LogP contribution in [0.25, 0.3) is 0 Å². The molecule has 0 aromatic heterocycles. The summed E-state index contributed by atoms with van der Waals surface area (Å²) in [5.41, 5.74) is 0. The highest BCUT2D eigenvalue weighted by molar-refractivity contribution is 7.94. The average molecular weight is 198 g/mol. The van der Waals surface area contributed by atoms with Gasteiger partial charge in [-0.25, -0.2) is 8.42 Å². The summed E-state index contributed by atoms with van der Waals surface area (Å²) >= 11 is 0. The van der Waals surface area contributed by atoms with Gasteiger partial charge in [0.15, 0.2) is 9.84 Å². The number of allylic oxidation sites excluding steroid dienone is 2. The molecule has 72 valence electrons. The van der Waals surface area contributed by atoms with Crippen LogP contribution in [0, 0.1) is 0 Å². The SMILES string of the molecule is CC12C=CC=CC(C)(CC1)S2(=O)=O. The van der Waals surface area contributed by atoms with E-state index in [1.54, 1.807) is 0 Å². The van der Waals surface area contributed by atoms with Crippen molar-refractivity contribution in [3.05, 3.63) is 24.3 Å². The molecule has 0 N–H and O–H groups in total. The fraction of sp³-hybridized carbons (Fsp3) is 0.600. The van der Waals surface area contributed by atoms with Gasteiger partial charge >= 0.3 is 0 Å². The van der Waals surface area contributed by atoms with E-state index < -0.39 is 19.3 Å². The van der Waals surface area contributed by atoms with E-state index in [9.17, 15) is 8.42 Å². The van der Waals surface area contributed by atoms with Gasteiger partial charge in [-0.05, 0) is 26.7 Å². The summed E-state index contributed by atoms with van der Waals surface area (Å²) < 4.78 is 23.0. The normalized spacial score (nSPS) is 46.3. The van der Waals surface area contributed by atoms with Crippen molar-refractivity contribution in [3.63, 3.8) is 0 Å². The maximum Gasteiger partial charge on any atom is 0.168 e. The Kier molecular flexibility index (Phi) is 1.57. The number of sulfone groups is 1. The van der Waals surface area contributed by atoms with Gasteiger partial charge in [0.1, 0.15) is 0 Å². The molecule has 3 heteroatoms. The number of hydrogen-bond acceptors (Lipinski definition) is 2. The summed E-state index contributed by atoms with van der Waals surface area (Å²) in [6.07, 6.45) is 8.82. The summed E-state index contributed by atoms with van der Waals surface area (Å²) in [4.78, 5) is 0. The summed E-state index contributed by atoms with van der Waals surface area (Å²) in [6, 6.07) is 0. The Morgan fingerprint density at radius 3 is 1.77 bits per heavy atom. The molecule has 0 saturated carbocycles. The second kappa shape index (κ2) is 2.27. The Balaban J connectivity index is 2.71. The van der Waals surface area contributed by atoms with Crippen molar-refractivity contribution in [1.29, 1.82) is 0 Å². The predicted octanol–water partition coefficient (Wildman–Crippen LogP) is 1.84. The van der Waals surface area contributed by atoms with E-state index in [1.165, 1.54) is 0 Å². The molecule has 2 unspecified atom stereocenters. The zero-order valence-corrected chi connectivity index (χ0v) is 8.76. The molecular weight excluding hydrogens is 184 g/mol. The van der Waals surface area contributed by atoms with Crippen molar-refractivity contribution in [2.45, 2.75) is 36.2 Å². The van der Waals surface area contributed by atoms with Gasteiger partial charge in [-0.15, -0.1) is 0 Å². The number of rotatable bonds is 0. The van der Waals surface area contributed by atoms with Crippen molar-refractivity contribution >= 4 is 9.84 Å². The number of fused-ring (bicyclic) bond motifs is 2. The van der Waals surface area contributed by atoms with Crippen LogP contribution in [-0.2, 0) is 9.84 Å². The van der Waals surface area contributed by atoms with Gasteiger partial charge < -0.3 is 0 Å². The Morgan fingerprint density at radius 2 is 1.38 bits per heavy atom. The predicted molar refractivity (Wildman–Crippen MR) is 53.2 cm³/mol. The van der Waals surface area contributed by atoms with Gasteiger partial charge in [-0.1, -0.05) is 24.3 Å². The molecule has 2 aliphatic heterocycles. The minimum Gasteiger partial charge on any atom is -0.227 e. The zero-order chi connectivity index (χ0) is 9.74. The Hall–Kier alpha value is -0.570. The van der Waals surface area contributed by atoms with E-state index in [2.05, 4.69) is 0 Å². The molecule has 2 atom stereocenters. The quantitative estimate of drug-likeness (QED) is 0.595. The van der Waals surface area contributed by atoms with Crippen LogP contribution in [0.4, 0.5) is 0 Å². The summed E-state index contributed by atoms with van der Waals surface area (Å²) in [7, 11) is -3.04. The van der Waals surface area contributed by atoms with Crippen LogP contribution in [0.1, 0.15) is 26.7 Å². The average Bonchev–Trinajstić information content (AvgIpc) is 2.15. The van der Waals surface area contributed by atoms with Gasteiger partial charge in [-0.3, -0.25) is 0 Å². The summed E-state index contributed by atoms with van der Waals surface area (Å²) in [6.45, 7) is 3.63. The Labute approximate surface area is 79.3 Å². The molecule has 0 radical (unpaired) electrons. The highest BCUT2D eigenvalue weighted by atomic mass is 32.2. The summed E-state index contributed by atoms with van der Waals surface area (Å²) in [5, 5.41) is 0. The second-order valence-corrected chi connectivity index (χ2v) is 7.22. The molecule has 0 spiro atoms. The van der Waals surface area contributed by atoms with Crippen LogP contribution >= 0.6 is 0 Å². The van der Waals surface area contributed by atoms with E-state index in [4.69, 9.17) is 0 Å². The molecule has 2 heterocycles. The molecule has 2 rings (SSSR count). The Morgan fingerprint density at radius 1 is 1.00 bits per heavy atom. The first-order valence-corrected chi connectivity index (χ1v) is 6.01. The minimum atomic E-state index is -3.04. The van der Waals surface area contributed by atoms with E-state index in [-0.39, 0.29) is 0 Å². The maximum atomic E-state index is 12.1. The second-order valence-electron chi connectivity index (χ2n) is 4.35. The van der Waals surface area contributed by atoms with E-state index in [0.29, 0.717) is 0 Å². The lowest BCUT2D eigenvalue weighted by atomic mass is 9.95. The first-order chi connectivity index (χ1) is 5.91. The molecule has 1 saturated heterocycles. The standard InChI is InChI=1S/C10H14O2S/c1-9-5-3-4-6-10(2,8-7-9)13(9,11)12/h3-6H,7-8H2,1-2H3. The molecule has 1 fully saturated rings. The smallest absolute Gasteiger partial charge is 0.168 e. The highest BCUT2D eigenvalue weighted by Crippen LogP contribution is 2.47. The molecule has 0 aromatic rings. The van der Waals surface area contributed by atoms with Crippen molar-refractivity contribution in [1.82, 2.24) is 0 Å². The van der Waals surface area contributed by atoms with Crippen molar-refractivity contribution in [2.75, 3.05) is 0 Å². The fourth-order valence-corrected chi connectivity index (χ4v) is 4.48. The third kappa shape index (κ3) is 0.909. The molecule has 2 aliphatic rings. The van der Waals surface area contributed by atoms with Crippen LogP contribution in [-0.4, -0.2) is 17.9 Å². The Bertz CT molecular complexity index is 359. The maximum absolute atomic E-state index is 12.1. The van der Waals surface area contributed by atoms with E-state index in [0.717, 1.165) is 12.8 Å². The first kappa shape index (κ1) is 9.00. The van der Waals surface area contributed by atoms with E-state index >= 15 is 0 Å². The minimum absolute atomic E-state index is 0.634. The molecule has 0 amide bonds. The molecular formula is C10H14O2S. The highest BCUT2D eigenvalue weighted by Gasteiger charge is 2.55. The van der Waals surface area contributed by atoms with Crippen LogP contribution in [0.15, 0.2) is 24.3 Å². The van der Waals surface area contributed by atoms with Gasteiger partial charge in [0.25, 0.3) is 0 Å². The molecule has 2 bridgehead atoms. The van der Waals surface area contributed by atoms with Crippen molar-refractivity contribution in [3.8, 4) is 0 Å². The monoisotopic (exact) mass is 198 g/mol. The zero-order valence-electron chi connectivity index (χ0n) is 7.95. The lowest BCUT2D eigenvalue weighted by Crippen LogP contribution is -2.37. The third-order valence-electron chi connectivity index (χ3n) is 3.35. The van der Waals surface area contributed by atoms with Gasteiger partial charge in [0.05, 0.1) is 9.49 Å². The van der Waals surface area contributed by atoms with Gasteiger partial charge in [-0.2, -0.15) is 0 Å².